The van der Waals surface area contributed by atoms with Crippen LogP contribution in [-0.4, -0.2) is 33.5 Å². The van der Waals surface area contributed by atoms with Crippen LogP contribution in [0.15, 0.2) is 48.8 Å². The zero-order chi connectivity index (χ0) is 15.5. The Morgan fingerprint density at radius 3 is 2.82 bits per heavy atom. The molecule has 0 radical (unpaired) electrons. The van der Waals surface area contributed by atoms with Crippen LogP contribution in [0.3, 0.4) is 0 Å². The van der Waals surface area contributed by atoms with Gasteiger partial charge in [-0.2, -0.15) is 0 Å². The van der Waals surface area contributed by atoms with E-state index in [0.717, 1.165) is 12.0 Å². The van der Waals surface area contributed by atoms with Gasteiger partial charge in [-0.15, -0.1) is 0 Å². The fourth-order valence-corrected chi connectivity index (χ4v) is 3.15. The molecule has 0 aliphatic carbocycles. The number of rotatable bonds is 4. The predicted octanol–water partition coefficient (Wildman–Crippen LogP) is 2.86. The van der Waals surface area contributed by atoms with Crippen molar-refractivity contribution in [3.05, 3.63) is 65.7 Å². The van der Waals surface area contributed by atoms with Crippen molar-refractivity contribution in [3.8, 4) is 0 Å². The van der Waals surface area contributed by atoms with E-state index in [1.807, 2.05) is 11.0 Å². The van der Waals surface area contributed by atoms with Crippen LogP contribution in [0.25, 0.3) is 0 Å². The number of pyridine rings is 1. The van der Waals surface area contributed by atoms with Gasteiger partial charge in [-0.3, -0.25) is 14.7 Å². The maximum atomic E-state index is 14.3. The van der Waals surface area contributed by atoms with E-state index < -0.39 is 18.1 Å². The van der Waals surface area contributed by atoms with Crippen molar-refractivity contribution in [1.82, 2.24) is 9.88 Å². The van der Waals surface area contributed by atoms with Gasteiger partial charge < -0.3 is 5.11 Å². The van der Waals surface area contributed by atoms with Crippen LogP contribution >= 0.6 is 0 Å². The molecule has 0 spiro atoms. The summed E-state index contributed by atoms with van der Waals surface area (Å²) in [4.78, 5) is 17.5. The van der Waals surface area contributed by atoms with Gasteiger partial charge in [0.05, 0.1) is 6.04 Å². The van der Waals surface area contributed by atoms with Crippen molar-refractivity contribution in [2.45, 2.75) is 24.9 Å². The van der Waals surface area contributed by atoms with Gasteiger partial charge >= 0.3 is 5.97 Å². The summed E-state index contributed by atoms with van der Waals surface area (Å²) in [5.74, 6) is -1.19. The highest BCUT2D eigenvalue weighted by Crippen LogP contribution is 2.35. The molecule has 2 unspecified atom stereocenters. The van der Waals surface area contributed by atoms with Crippen LogP contribution in [0.5, 0.6) is 0 Å². The lowest BCUT2D eigenvalue weighted by Crippen LogP contribution is -2.39. The van der Waals surface area contributed by atoms with E-state index in [1.54, 1.807) is 36.7 Å². The van der Waals surface area contributed by atoms with Gasteiger partial charge in [-0.25, -0.2) is 4.39 Å². The Balaban J connectivity index is 2.08. The smallest absolute Gasteiger partial charge is 0.320 e. The van der Waals surface area contributed by atoms with E-state index in [4.69, 9.17) is 0 Å². The quantitative estimate of drug-likeness (QED) is 0.943. The summed E-state index contributed by atoms with van der Waals surface area (Å²) >= 11 is 0. The molecule has 0 bridgehead atoms. The van der Waals surface area contributed by atoms with Crippen molar-refractivity contribution >= 4 is 5.97 Å². The first-order chi connectivity index (χ1) is 10.7. The van der Waals surface area contributed by atoms with E-state index in [1.165, 1.54) is 6.07 Å². The highest BCUT2D eigenvalue weighted by Gasteiger charge is 2.37. The second-order valence-electron chi connectivity index (χ2n) is 5.44. The topological polar surface area (TPSA) is 53.4 Å². The molecule has 1 aliphatic rings. The third-order valence-electron chi connectivity index (χ3n) is 4.11. The van der Waals surface area contributed by atoms with Crippen LogP contribution in [0, 0.1) is 5.82 Å². The molecule has 114 valence electrons. The number of hydrogen-bond donors (Lipinski definition) is 1. The third kappa shape index (κ3) is 2.72. The second-order valence-corrected chi connectivity index (χ2v) is 5.44. The Kier molecular flexibility index (Phi) is 4.15. The Labute approximate surface area is 128 Å². The molecule has 5 heteroatoms. The zero-order valence-corrected chi connectivity index (χ0v) is 12.0. The fourth-order valence-electron chi connectivity index (χ4n) is 3.15. The van der Waals surface area contributed by atoms with Crippen LogP contribution in [-0.2, 0) is 4.79 Å². The molecule has 2 aromatic rings. The molecule has 2 atom stereocenters. The largest absolute Gasteiger partial charge is 0.480 e. The van der Waals surface area contributed by atoms with Gasteiger partial charge in [0.2, 0.25) is 0 Å². The van der Waals surface area contributed by atoms with E-state index in [-0.39, 0.29) is 5.82 Å². The molecule has 1 aliphatic heterocycles. The second kappa shape index (κ2) is 6.23. The van der Waals surface area contributed by atoms with Crippen LogP contribution in [0.2, 0.25) is 0 Å². The third-order valence-corrected chi connectivity index (χ3v) is 4.11. The average Bonchev–Trinajstić information content (AvgIpc) is 3.00. The van der Waals surface area contributed by atoms with Gasteiger partial charge in [-0.05, 0) is 30.5 Å². The number of carbonyl (C=O) groups is 1. The maximum Gasteiger partial charge on any atom is 0.320 e. The maximum absolute atomic E-state index is 14.3. The number of aliphatic carboxylic acids is 1. The Morgan fingerprint density at radius 2 is 2.14 bits per heavy atom. The number of nitrogens with zero attached hydrogens (tertiary/aromatic N) is 2. The Bertz CT molecular complexity index is 663. The van der Waals surface area contributed by atoms with Gasteiger partial charge in [0, 0.05) is 24.5 Å². The molecule has 0 amide bonds. The molecule has 4 nitrogen and oxygen atoms in total. The first-order valence-corrected chi connectivity index (χ1v) is 7.31. The van der Waals surface area contributed by atoms with E-state index in [0.29, 0.717) is 18.5 Å². The molecule has 2 heterocycles. The number of carboxylic acids is 1. The molecule has 1 aromatic carbocycles. The summed E-state index contributed by atoms with van der Waals surface area (Å²) in [5.41, 5.74) is 1.30. The molecule has 1 aromatic heterocycles. The number of carboxylic acid groups (broad SMARTS) is 1. The lowest BCUT2D eigenvalue weighted by atomic mass is 9.97. The van der Waals surface area contributed by atoms with Gasteiger partial charge in [0.15, 0.2) is 0 Å². The number of benzene rings is 1. The minimum Gasteiger partial charge on any atom is -0.480 e. The summed E-state index contributed by atoms with van der Waals surface area (Å²) < 4.78 is 14.3. The van der Waals surface area contributed by atoms with Gasteiger partial charge in [-0.1, -0.05) is 24.3 Å². The van der Waals surface area contributed by atoms with Crippen molar-refractivity contribution in [1.29, 1.82) is 0 Å². The molecule has 3 rings (SSSR count). The first kappa shape index (κ1) is 14.7. The SMILES string of the molecule is O=C(O)C1CCCN1C(c1cccnc1)c1ccccc1F. The molecule has 1 fully saturated rings. The number of aromatic nitrogens is 1. The fraction of sp³-hybridized carbons (Fsp3) is 0.294. The summed E-state index contributed by atoms with van der Waals surface area (Å²) in [6, 6.07) is 9.15. The number of likely N-dealkylation sites (tertiary alicyclic amines) is 1. The highest BCUT2D eigenvalue weighted by molar-refractivity contribution is 5.74. The number of hydrogen-bond acceptors (Lipinski definition) is 3. The Morgan fingerprint density at radius 1 is 1.32 bits per heavy atom. The monoisotopic (exact) mass is 300 g/mol. The van der Waals surface area contributed by atoms with Crippen LogP contribution < -0.4 is 0 Å². The molecule has 0 saturated carbocycles. The van der Waals surface area contributed by atoms with Crippen molar-refractivity contribution in [2.24, 2.45) is 0 Å². The first-order valence-electron chi connectivity index (χ1n) is 7.31. The van der Waals surface area contributed by atoms with Crippen LogP contribution in [0.1, 0.15) is 30.0 Å². The van der Waals surface area contributed by atoms with E-state index >= 15 is 0 Å². The van der Waals surface area contributed by atoms with Crippen molar-refractivity contribution in [2.75, 3.05) is 6.54 Å². The minimum absolute atomic E-state index is 0.326. The normalized spacial score (nSPS) is 20.0. The lowest BCUT2D eigenvalue weighted by molar-refractivity contribution is -0.142. The summed E-state index contributed by atoms with van der Waals surface area (Å²) in [5, 5.41) is 9.44. The highest BCUT2D eigenvalue weighted by atomic mass is 19.1. The predicted molar refractivity (Wildman–Crippen MR) is 79.8 cm³/mol. The van der Waals surface area contributed by atoms with Gasteiger partial charge in [0.1, 0.15) is 11.9 Å². The number of halogens is 1. The molecular formula is C17H17FN2O2. The summed E-state index contributed by atoms with van der Waals surface area (Å²) in [6.07, 6.45) is 4.71. The lowest BCUT2D eigenvalue weighted by Gasteiger charge is -2.31. The van der Waals surface area contributed by atoms with Gasteiger partial charge in [0.25, 0.3) is 0 Å². The summed E-state index contributed by atoms with van der Waals surface area (Å²) in [6.45, 7) is 0.630. The molecule has 1 N–H and O–H groups in total. The van der Waals surface area contributed by atoms with E-state index in [2.05, 4.69) is 4.98 Å². The Hall–Kier alpha value is -2.27. The van der Waals surface area contributed by atoms with Crippen molar-refractivity contribution < 1.29 is 14.3 Å². The summed E-state index contributed by atoms with van der Waals surface area (Å²) in [7, 11) is 0. The minimum atomic E-state index is -0.859. The van der Waals surface area contributed by atoms with Crippen LogP contribution in [0.4, 0.5) is 4.39 Å². The molecule has 22 heavy (non-hydrogen) atoms. The standard InChI is InChI=1S/C17H17FN2O2/c18-14-7-2-1-6-13(14)16(12-5-3-9-19-11-12)20-10-4-8-15(20)17(21)22/h1-3,5-7,9,11,15-16H,4,8,10H2,(H,21,22). The zero-order valence-electron chi connectivity index (χ0n) is 12.0. The molecular weight excluding hydrogens is 283 g/mol. The molecule has 1 saturated heterocycles. The van der Waals surface area contributed by atoms with E-state index in [9.17, 15) is 14.3 Å². The van der Waals surface area contributed by atoms with Crippen molar-refractivity contribution in [3.63, 3.8) is 0 Å². The average molecular weight is 300 g/mol.